The van der Waals surface area contributed by atoms with Crippen molar-refractivity contribution in [1.29, 1.82) is 0 Å². The van der Waals surface area contributed by atoms with E-state index in [1.54, 1.807) is 0 Å². The van der Waals surface area contributed by atoms with Gasteiger partial charge in [0.05, 0.1) is 13.2 Å². The van der Waals surface area contributed by atoms with Crippen LogP contribution in [0.5, 0.6) is 0 Å². The van der Waals surface area contributed by atoms with E-state index < -0.39 is 5.60 Å². The molecule has 0 aromatic carbocycles. The summed E-state index contributed by atoms with van der Waals surface area (Å²) in [7, 11) is 0. The van der Waals surface area contributed by atoms with Crippen LogP contribution in [0.2, 0.25) is 0 Å². The molecule has 1 atom stereocenters. The lowest BCUT2D eigenvalue weighted by Crippen LogP contribution is -2.45. The topological polar surface area (TPSA) is 60.7 Å². The standard InChI is InChI=1S/C11H24O3/c1-3-5-6-7-10(4-2)11(14,8-12)9-13/h10,12-14H,3-9H2,1-2H3. The summed E-state index contributed by atoms with van der Waals surface area (Å²) >= 11 is 0. The quantitative estimate of drug-likeness (QED) is 0.522. The van der Waals surface area contributed by atoms with Gasteiger partial charge in [0.1, 0.15) is 5.60 Å². The van der Waals surface area contributed by atoms with Crippen LogP contribution in [0.15, 0.2) is 0 Å². The maximum Gasteiger partial charge on any atom is 0.113 e. The fourth-order valence-electron chi connectivity index (χ4n) is 1.80. The first-order chi connectivity index (χ1) is 6.64. The van der Waals surface area contributed by atoms with Crippen LogP contribution in [-0.4, -0.2) is 34.1 Å². The molecule has 1 unspecified atom stereocenters. The van der Waals surface area contributed by atoms with E-state index in [4.69, 9.17) is 10.2 Å². The van der Waals surface area contributed by atoms with Gasteiger partial charge in [-0.3, -0.25) is 0 Å². The Morgan fingerprint density at radius 2 is 1.64 bits per heavy atom. The molecule has 0 aliphatic carbocycles. The summed E-state index contributed by atoms with van der Waals surface area (Å²) in [4.78, 5) is 0. The van der Waals surface area contributed by atoms with Gasteiger partial charge >= 0.3 is 0 Å². The van der Waals surface area contributed by atoms with E-state index in [0.717, 1.165) is 32.1 Å². The van der Waals surface area contributed by atoms with E-state index in [1.807, 2.05) is 6.92 Å². The van der Waals surface area contributed by atoms with Crippen molar-refractivity contribution >= 4 is 0 Å². The molecule has 0 saturated heterocycles. The molecule has 0 spiro atoms. The Kier molecular flexibility index (Phi) is 7.15. The van der Waals surface area contributed by atoms with Gasteiger partial charge in [-0.1, -0.05) is 39.5 Å². The van der Waals surface area contributed by atoms with Crippen molar-refractivity contribution in [3.63, 3.8) is 0 Å². The zero-order valence-electron chi connectivity index (χ0n) is 9.37. The molecule has 86 valence electrons. The van der Waals surface area contributed by atoms with Crippen LogP contribution in [0.3, 0.4) is 0 Å². The van der Waals surface area contributed by atoms with Gasteiger partial charge in [-0.05, 0) is 12.3 Å². The molecule has 0 aromatic heterocycles. The molecule has 3 nitrogen and oxygen atoms in total. The maximum absolute atomic E-state index is 9.89. The van der Waals surface area contributed by atoms with Crippen molar-refractivity contribution in [2.24, 2.45) is 5.92 Å². The van der Waals surface area contributed by atoms with E-state index in [2.05, 4.69) is 6.92 Å². The van der Waals surface area contributed by atoms with Gasteiger partial charge in [0.2, 0.25) is 0 Å². The van der Waals surface area contributed by atoms with Crippen LogP contribution in [-0.2, 0) is 0 Å². The molecule has 0 aliphatic heterocycles. The van der Waals surface area contributed by atoms with E-state index in [0.29, 0.717) is 0 Å². The summed E-state index contributed by atoms with van der Waals surface area (Å²) < 4.78 is 0. The molecule has 3 heteroatoms. The zero-order valence-corrected chi connectivity index (χ0v) is 9.37. The molecule has 3 N–H and O–H groups in total. The predicted molar refractivity (Wildman–Crippen MR) is 57.0 cm³/mol. The average Bonchev–Trinajstić information content (AvgIpc) is 2.23. The third-order valence-corrected chi connectivity index (χ3v) is 2.96. The highest BCUT2D eigenvalue weighted by Gasteiger charge is 2.33. The summed E-state index contributed by atoms with van der Waals surface area (Å²) in [5.74, 6) is 0.00375. The molecule has 0 heterocycles. The summed E-state index contributed by atoms with van der Waals surface area (Å²) in [5, 5.41) is 28.0. The normalized spacial score (nSPS) is 14.4. The van der Waals surface area contributed by atoms with Crippen LogP contribution in [0.4, 0.5) is 0 Å². The van der Waals surface area contributed by atoms with Crippen LogP contribution in [0.1, 0.15) is 46.0 Å². The average molecular weight is 204 g/mol. The second kappa shape index (κ2) is 7.21. The first-order valence-corrected chi connectivity index (χ1v) is 5.58. The lowest BCUT2D eigenvalue weighted by Gasteiger charge is -2.32. The highest BCUT2D eigenvalue weighted by Crippen LogP contribution is 2.25. The summed E-state index contributed by atoms with van der Waals surface area (Å²) in [6.45, 7) is 3.40. The minimum absolute atomic E-state index is 0.00375. The van der Waals surface area contributed by atoms with E-state index in [-0.39, 0.29) is 19.1 Å². The van der Waals surface area contributed by atoms with E-state index in [9.17, 15) is 5.11 Å². The van der Waals surface area contributed by atoms with Crippen LogP contribution >= 0.6 is 0 Å². The maximum atomic E-state index is 9.89. The van der Waals surface area contributed by atoms with Crippen molar-refractivity contribution in [3.05, 3.63) is 0 Å². The minimum Gasteiger partial charge on any atom is -0.393 e. The number of hydrogen-bond donors (Lipinski definition) is 3. The Morgan fingerprint density at radius 1 is 1.07 bits per heavy atom. The zero-order chi connectivity index (χ0) is 11.0. The molecule has 0 rings (SSSR count). The van der Waals surface area contributed by atoms with Gasteiger partial charge < -0.3 is 15.3 Å². The van der Waals surface area contributed by atoms with Gasteiger partial charge in [-0.25, -0.2) is 0 Å². The molecular formula is C11H24O3. The van der Waals surface area contributed by atoms with Gasteiger partial charge in [0.25, 0.3) is 0 Å². The van der Waals surface area contributed by atoms with Crippen molar-refractivity contribution in [1.82, 2.24) is 0 Å². The predicted octanol–water partition coefficient (Wildman–Crippen LogP) is 1.31. The summed E-state index contributed by atoms with van der Waals surface area (Å²) in [6, 6.07) is 0. The number of rotatable bonds is 8. The lowest BCUT2D eigenvalue weighted by atomic mass is 9.82. The summed E-state index contributed by atoms with van der Waals surface area (Å²) in [6.07, 6.45) is 5.01. The van der Waals surface area contributed by atoms with E-state index >= 15 is 0 Å². The molecule has 0 saturated carbocycles. The number of aliphatic hydroxyl groups excluding tert-OH is 2. The minimum atomic E-state index is -1.29. The fraction of sp³-hybridized carbons (Fsp3) is 1.00. The van der Waals surface area contributed by atoms with Gasteiger partial charge in [-0.2, -0.15) is 0 Å². The van der Waals surface area contributed by atoms with Crippen LogP contribution in [0.25, 0.3) is 0 Å². The first-order valence-electron chi connectivity index (χ1n) is 5.58. The Labute approximate surface area is 86.8 Å². The van der Waals surface area contributed by atoms with Crippen molar-refractivity contribution in [2.45, 2.75) is 51.6 Å². The highest BCUT2D eigenvalue weighted by molar-refractivity contribution is 4.84. The summed E-state index contributed by atoms with van der Waals surface area (Å²) in [5.41, 5.74) is -1.29. The fourth-order valence-corrected chi connectivity index (χ4v) is 1.80. The smallest absolute Gasteiger partial charge is 0.113 e. The Hall–Kier alpha value is -0.120. The third kappa shape index (κ3) is 3.95. The Bertz CT molecular complexity index is 132. The SMILES string of the molecule is CCCCCC(CC)C(O)(CO)CO. The molecule has 0 aromatic rings. The largest absolute Gasteiger partial charge is 0.393 e. The van der Waals surface area contributed by atoms with Crippen molar-refractivity contribution in [3.8, 4) is 0 Å². The molecule has 0 amide bonds. The molecule has 0 fully saturated rings. The molecular weight excluding hydrogens is 180 g/mol. The van der Waals surface area contributed by atoms with Crippen LogP contribution in [0, 0.1) is 5.92 Å². The third-order valence-electron chi connectivity index (χ3n) is 2.96. The van der Waals surface area contributed by atoms with Gasteiger partial charge in [0, 0.05) is 0 Å². The lowest BCUT2D eigenvalue weighted by molar-refractivity contribution is -0.0992. The van der Waals surface area contributed by atoms with Gasteiger partial charge in [0.15, 0.2) is 0 Å². The monoisotopic (exact) mass is 204 g/mol. The highest BCUT2D eigenvalue weighted by atomic mass is 16.4. The molecule has 0 bridgehead atoms. The second-order valence-corrected chi connectivity index (χ2v) is 4.02. The number of unbranched alkanes of at least 4 members (excludes halogenated alkanes) is 2. The second-order valence-electron chi connectivity index (χ2n) is 4.02. The van der Waals surface area contributed by atoms with Gasteiger partial charge in [-0.15, -0.1) is 0 Å². The molecule has 0 radical (unpaired) electrons. The van der Waals surface area contributed by atoms with Crippen LogP contribution < -0.4 is 0 Å². The van der Waals surface area contributed by atoms with Crippen molar-refractivity contribution in [2.75, 3.05) is 13.2 Å². The number of aliphatic hydroxyl groups is 3. The first kappa shape index (κ1) is 13.9. The Morgan fingerprint density at radius 3 is 2.00 bits per heavy atom. The number of hydrogen-bond acceptors (Lipinski definition) is 3. The van der Waals surface area contributed by atoms with Crippen molar-refractivity contribution < 1.29 is 15.3 Å². The van der Waals surface area contributed by atoms with E-state index in [1.165, 1.54) is 0 Å². The molecule has 0 aliphatic rings. The molecule has 14 heavy (non-hydrogen) atoms. The Balaban J connectivity index is 4.08.